The number of benzene rings is 1. The number of hydrogen-bond acceptors (Lipinski definition) is 3. The first-order valence-corrected chi connectivity index (χ1v) is 7.02. The molecule has 1 fully saturated rings. The van der Waals surface area contributed by atoms with Crippen LogP contribution in [0.5, 0.6) is 5.75 Å². The molecule has 1 aliphatic rings. The maximum absolute atomic E-state index is 5.89. The highest BCUT2D eigenvalue weighted by Crippen LogP contribution is 2.15. The van der Waals surface area contributed by atoms with Crippen molar-refractivity contribution in [3.8, 4) is 5.75 Å². The monoisotopic (exact) mass is 248 g/mol. The largest absolute Gasteiger partial charge is 0.494 e. The summed E-state index contributed by atoms with van der Waals surface area (Å²) < 4.78 is 5.75. The Morgan fingerprint density at radius 3 is 2.50 bits per heavy atom. The van der Waals surface area contributed by atoms with Crippen molar-refractivity contribution < 1.29 is 4.74 Å². The van der Waals surface area contributed by atoms with E-state index in [1.165, 1.54) is 32.4 Å². The van der Waals surface area contributed by atoms with Crippen molar-refractivity contribution in [2.75, 3.05) is 26.2 Å². The van der Waals surface area contributed by atoms with E-state index in [4.69, 9.17) is 10.5 Å². The standard InChI is InChI=1S/C15H24N2O/c16-13-14(17-10-5-2-6-11-17)9-12-18-15-7-3-1-4-8-15/h1,3-4,7-8,14H,2,5-6,9-13,16H2. The van der Waals surface area contributed by atoms with Crippen molar-refractivity contribution in [3.63, 3.8) is 0 Å². The third kappa shape index (κ3) is 4.00. The minimum absolute atomic E-state index is 0.481. The Kier molecular flexibility index (Phi) is 5.49. The SMILES string of the molecule is NCC(CCOc1ccccc1)N1CCCCC1. The molecule has 0 amide bonds. The van der Waals surface area contributed by atoms with Crippen molar-refractivity contribution in [3.05, 3.63) is 30.3 Å². The zero-order valence-corrected chi connectivity index (χ0v) is 11.1. The van der Waals surface area contributed by atoms with Crippen molar-refractivity contribution in [2.24, 2.45) is 5.73 Å². The molecular weight excluding hydrogens is 224 g/mol. The van der Waals surface area contributed by atoms with Gasteiger partial charge in [-0.25, -0.2) is 0 Å². The molecule has 1 atom stereocenters. The molecule has 0 bridgehead atoms. The zero-order valence-electron chi connectivity index (χ0n) is 11.1. The lowest BCUT2D eigenvalue weighted by Crippen LogP contribution is -2.44. The number of nitrogens with two attached hydrogens (primary N) is 1. The van der Waals surface area contributed by atoms with Crippen molar-refractivity contribution in [1.82, 2.24) is 4.90 Å². The van der Waals surface area contributed by atoms with Gasteiger partial charge in [0.15, 0.2) is 0 Å². The van der Waals surface area contributed by atoms with Crippen LogP contribution in [0.1, 0.15) is 25.7 Å². The highest BCUT2D eigenvalue weighted by Gasteiger charge is 2.19. The third-order valence-electron chi connectivity index (χ3n) is 3.64. The molecule has 1 aromatic rings. The fourth-order valence-electron chi connectivity index (χ4n) is 2.56. The predicted octanol–water partition coefficient (Wildman–Crippen LogP) is 2.27. The van der Waals surface area contributed by atoms with Crippen LogP contribution in [-0.4, -0.2) is 37.2 Å². The third-order valence-corrected chi connectivity index (χ3v) is 3.64. The van der Waals surface area contributed by atoms with Crippen LogP contribution in [0.15, 0.2) is 30.3 Å². The minimum atomic E-state index is 0.481. The van der Waals surface area contributed by atoms with E-state index in [-0.39, 0.29) is 0 Å². The zero-order chi connectivity index (χ0) is 12.6. The Morgan fingerprint density at radius 2 is 1.83 bits per heavy atom. The van der Waals surface area contributed by atoms with Crippen LogP contribution in [0.25, 0.3) is 0 Å². The number of nitrogens with zero attached hydrogens (tertiary/aromatic N) is 1. The number of hydrogen-bond donors (Lipinski definition) is 1. The first-order valence-electron chi connectivity index (χ1n) is 7.02. The Balaban J connectivity index is 1.73. The van der Waals surface area contributed by atoms with E-state index in [9.17, 15) is 0 Å². The normalized spacial score (nSPS) is 18.5. The Morgan fingerprint density at radius 1 is 1.11 bits per heavy atom. The summed E-state index contributed by atoms with van der Waals surface area (Å²) in [5.41, 5.74) is 5.89. The summed E-state index contributed by atoms with van der Waals surface area (Å²) in [5.74, 6) is 0.951. The fourth-order valence-corrected chi connectivity index (χ4v) is 2.56. The molecule has 1 heterocycles. The molecule has 0 radical (unpaired) electrons. The first kappa shape index (κ1) is 13.4. The summed E-state index contributed by atoms with van der Waals surface area (Å²) in [6.07, 6.45) is 5.02. The van der Waals surface area contributed by atoms with Gasteiger partial charge < -0.3 is 10.5 Å². The van der Waals surface area contributed by atoms with Crippen LogP contribution in [0.3, 0.4) is 0 Å². The summed E-state index contributed by atoms with van der Waals surface area (Å²) in [6.45, 7) is 3.89. The van der Waals surface area contributed by atoms with Gasteiger partial charge in [0, 0.05) is 12.6 Å². The number of para-hydroxylation sites is 1. The van der Waals surface area contributed by atoms with Gasteiger partial charge in [-0.2, -0.15) is 0 Å². The highest BCUT2D eigenvalue weighted by atomic mass is 16.5. The second-order valence-electron chi connectivity index (χ2n) is 4.94. The van der Waals surface area contributed by atoms with E-state index in [2.05, 4.69) is 4.90 Å². The summed E-state index contributed by atoms with van der Waals surface area (Å²) in [7, 11) is 0. The van der Waals surface area contributed by atoms with E-state index >= 15 is 0 Å². The number of rotatable bonds is 6. The van der Waals surface area contributed by atoms with Crippen LogP contribution in [0.4, 0.5) is 0 Å². The summed E-state index contributed by atoms with van der Waals surface area (Å²) in [4.78, 5) is 2.53. The summed E-state index contributed by atoms with van der Waals surface area (Å²) in [6, 6.07) is 10.5. The number of piperidine rings is 1. The van der Waals surface area contributed by atoms with Crippen LogP contribution in [0.2, 0.25) is 0 Å². The van der Waals surface area contributed by atoms with Gasteiger partial charge in [-0.15, -0.1) is 0 Å². The molecule has 0 saturated carbocycles. The summed E-state index contributed by atoms with van der Waals surface area (Å²) >= 11 is 0. The second-order valence-corrected chi connectivity index (χ2v) is 4.94. The molecule has 2 N–H and O–H groups in total. The van der Waals surface area contributed by atoms with Crippen molar-refractivity contribution in [2.45, 2.75) is 31.7 Å². The quantitative estimate of drug-likeness (QED) is 0.839. The predicted molar refractivity (Wildman–Crippen MR) is 74.8 cm³/mol. The molecule has 1 unspecified atom stereocenters. The van der Waals surface area contributed by atoms with Crippen LogP contribution in [0, 0.1) is 0 Å². The lowest BCUT2D eigenvalue weighted by molar-refractivity contribution is 0.142. The van der Waals surface area contributed by atoms with Crippen molar-refractivity contribution in [1.29, 1.82) is 0 Å². The minimum Gasteiger partial charge on any atom is -0.494 e. The van der Waals surface area contributed by atoms with E-state index in [0.29, 0.717) is 6.04 Å². The van der Waals surface area contributed by atoms with E-state index in [1.807, 2.05) is 30.3 Å². The molecule has 0 aliphatic carbocycles. The van der Waals surface area contributed by atoms with Crippen molar-refractivity contribution >= 4 is 0 Å². The van der Waals surface area contributed by atoms with Crippen LogP contribution >= 0.6 is 0 Å². The molecule has 0 spiro atoms. The summed E-state index contributed by atoms with van der Waals surface area (Å²) in [5, 5.41) is 0. The fraction of sp³-hybridized carbons (Fsp3) is 0.600. The number of ether oxygens (including phenoxy) is 1. The Bertz CT molecular complexity index is 323. The smallest absolute Gasteiger partial charge is 0.119 e. The van der Waals surface area contributed by atoms with Gasteiger partial charge >= 0.3 is 0 Å². The van der Waals surface area contributed by atoms with Gasteiger partial charge in [0.2, 0.25) is 0 Å². The van der Waals surface area contributed by atoms with E-state index < -0.39 is 0 Å². The molecular formula is C15H24N2O. The maximum atomic E-state index is 5.89. The maximum Gasteiger partial charge on any atom is 0.119 e. The molecule has 18 heavy (non-hydrogen) atoms. The molecule has 1 aliphatic heterocycles. The molecule has 1 saturated heterocycles. The second kappa shape index (κ2) is 7.39. The van der Waals surface area contributed by atoms with Gasteiger partial charge in [-0.3, -0.25) is 4.90 Å². The van der Waals surface area contributed by atoms with Gasteiger partial charge in [0.25, 0.3) is 0 Å². The first-order chi connectivity index (χ1) is 8.90. The Hall–Kier alpha value is -1.06. The van der Waals surface area contributed by atoms with Gasteiger partial charge in [0.1, 0.15) is 5.75 Å². The lowest BCUT2D eigenvalue weighted by atomic mass is 10.1. The van der Waals surface area contributed by atoms with Crippen LogP contribution < -0.4 is 10.5 Å². The molecule has 1 aromatic carbocycles. The van der Waals surface area contributed by atoms with E-state index in [1.54, 1.807) is 0 Å². The molecule has 3 nitrogen and oxygen atoms in total. The molecule has 3 heteroatoms. The molecule has 0 aromatic heterocycles. The van der Waals surface area contributed by atoms with Crippen LogP contribution in [-0.2, 0) is 0 Å². The van der Waals surface area contributed by atoms with Gasteiger partial charge in [0.05, 0.1) is 6.61 Å². The van der Waals surface area contributed by atoms with Gasteiger partial charge in [-0.05, 0) is 44.5 Å². The molecule has 100 valence electrons. The average Bonchev–Trinajstić information content (AvgIpc) is 2.46. The topological polar surface area (TPSA) is 38.5 Å². The average molecular weight is 248 g/mol. The van der Waals surface area contributed by atoms with Gasteiger partial charge in [-0.1, -0.05) is 24.6 Å². The van der Waals surface area contributed by atoms with E-state index in [0.717, 1.165) is 25.3 Å². The highest BCUT2D eigenvalue weighted by molar-refractivity contribution is 5.20. The molecule has 2 rings (SSSR count). The number of likely N-dealkylation sites (tertiary alicyclic amines) is 1. The lowest BCUT2D eigenvalue weighted by Gasteiger charge is -2.33. The Labute approximate surface area is 110 Å².